The van der Waals surface area contributed by atoms with Crippen LogP contribution in [0.1, 0.15) is 0 Å². The number of fused-ring (bicyclic) bond motifs is 1. The summed E-state index contributed by atoms with van der Waals surface area (Å²) >= 11 is -1.82. The first-order chi connectivity index (χ1) is 15.6. The van der Waals surface area contributed by atoms with Gasteiger partial charge in [-0.05, 0) is 12.1 Å². The molecule has 10 nitrogen and oxygen atoms in total. The molecule has 1 unspecified atom stereocenters. The molecule has 2 N–H and O–H groups in total. The highest BCUT2D eigenvalue weighted by Gasteiger charge is 2.24. The van der Waals surface area contributed by atoms with E-state index in [0.717, 1.165) is 54.7 Å². The molecular weight excluding hydrogens is 432 g/mol. The summed E-state index contributed by atoms with van der Waals surface area (Å²) in [5, 5.41) is 9.99. The second-order valence-corrected chi connectivity index (χ2v) is 8.87. The van der Waals surface area contributed by atoms with Crippen LogP contribution in [-0.2, 0) is 15.8 Å². The van der Waals surface area contributed by atoms with E-state index in [1.54, 1.807) is 12.1 Å². The van der Waals surface area contributed by atoms with Crippen molar-refractivity contribution >= 4 is 28.4 Å². The quantitative estimate of drug-likeness (QED) is 0.546. The van der Waals surface area contributed by atoms with Crippen molar-refractivity contribution < 1.29 is 18.6 Å². The van der Waals surface area contributed by atoms with Crippen molar-refractivity contribution in [1.82, 2.24) is 19.3 Å². The van der Waals surface area contributed by atoms with Gasteiger partial charge < -0.3 is 24.2 Å². The van der Waals surface area contributed by atoms with Gasteiger partial charge in [0.15, 0.2) is 22.5 Å². The number of morpholine rings is 1. The van der Waals surface area contributed by atoms with Crippen LogP contribution in [0.3, 0.4) is 0 Å². The fraction of sp³-hybridized carbons (Fsp3) is 0.429. The summed E-state index contributed by atoms with van der Waals surface area (Å²) < 4.78 is 27.9. The van der Waals surface area contributed by atoms with Crippen LogP contribution in [0.25, 0.3) is 16.9 Å². The molecule has 1 aromatic carbocycles. The van der Waals surface area contributed by atoms with E-state index in [-0.39, 0.29) is 11.6 Å². The maximum atomic E-state index is 11.1. The number of rotatable bonds is 5. The van der Waals surface area contributed by atoms with Crippen LogP contribution in [0, 0.1) is 0 Å². The molecule has 2 aromatic heterocycles. The van der Waals surface area contributed by atoms with E-state index in [4.69, 9.17) is 14.7 Å². The molecule has 0 saturated carbocycles. The SMILES string of the molecule is O=S(O)CN1CCN(c2cnc3c(N4CCOCC4)nc(-c4cccc(O)c4)cn23)CC1. The van der Waals surface area contributed by atoms with Crippen molar-refractivity contribution in [1.29, 1.82) is 0 Å². The standard InChI is InChI=1S/C21H26N6O4S/c28-17-3-1-2-16(12-17)18-14-27-19(25-6-4-24(5-7-25)15-32(29)30)13-22-20(27)21(23-18)26-8-10-31-11-9-26/h1-3,12-14,28H,4-11,15H2,(H,29,30). The molecule has 3 aromatic rings. The maximum absolute atomic E-state index is 11.1. The van der Waals surface area contributed by atoms with Gasteiger partial charge in [0.1, 0.15) is 17.4 Å². The van der Waals surface area contributed by atoms with Crippen LogP contribution in [-0.4, -0.2) is 91.5 Å². The van der Waals surface area contributed by atoms with Crippen molar-refractivity contribution in [2.24, 2.45) is 0 Å². The number of anilines is 2. The molecule has 1 atom stereocenters. The Morgan fingerprint density at radius 3 is 2.56 bits per heavy atom. The van der Waals surface area contributed by atoms with E-state index in [0.29, 0.717) is 26.3 Å². The van der Waals surface area contributed by atoms with E-state index in [1.807, 2.05) is 29.4 Å². The van der Waals surface area contributed by atoms with Gasteiger partial charge in [-0.15, -0.1) is 0 Å². The molecule has 2 aliphatic heterocycles. The van der Waals surface area contributed by atoms with Gasteiger partial charge >= 0.3 is 0 Å². The molecule has 0 amide bonds. The number of benzene rings is 1. The summed E-state index contributed by atoms with van der Waals surface area (Å²) in [4.78, 5) is 16.1. The van der Waals surface area contributed by atoms with Crippen molar-refractivity contribution in [3.63, 3.8) is 0 Å². The highest BCUT2D eigenvalue weighted by molar-refractivity contribution is 7.79. The van der Waals surface area contributed by atoms with Gasteiger partial charge in [-0.1, -0.05) is 12.1 Å². The zero-order valence-electron chi connectivity index (χ0n) is 17.6. The van der Waals surface area contributed by atoms with Gasteiger partial charge in [-0.2, -0.15) is 0 Å². The lowest BCUT2D eigenvalue weighted by Crippen LogP contribution is -2.47. The smallest absolute Gasteiger partial charge is 0.181 e. The summed E-state index contributed by atoms with van der Waals surface area (Å²) in [7, 11) is 0. The first-order valence-electron chi connectivity index (χ1n) is 10.6. The van der Waals surface area contributed by atoms with Gasteiger partial charge in [0.25, 0.3) is 0 Å². The largest absolute Gasteiger partial charge is 0.508 e. The van der Waals surface area contributed by atoms with E-state index < -0.39 is 11.1 Å². The van der Waals surface area contributed by atoms with E-state index in [1.165, 1.54) is 0 Å². The second-order valence-electron chi connectivity index (χ2n) is 7.97. The van der Waals surface area contributed by atoms with Crippen LogP contribution < -0.4 is 9.80 Å². The lowest BCUT2D eigenvalue weighted by atomic mass is 10.1. The number of imidazole rings is 1. The summed E-state index contributed by atoms with van der Waals surface area (Å²) in [6, 6.07) is 7.10. The number of phenolic OH excluding ortho intramolecular Hbond substituents is 1. The van der Waals surface area contributed by atoms with Crippen molar-refractivity contribution in [3.8, 4) is 17.0 Å². The second kappa shape index (κ2) is 9.02. The average Bonchev–Trinajstić information content (AvgIpc) is 3.23. The predicted molar refractivity (Wildman–Crippen MR) is 123 cm³/mol. The molecule has 2 saturated heterocycles. The zero-order chi connectivity index (χ0) is 22.1. The van der Waals surface area contributed by atoms with Crippen molar-refractivity contribution in [2.75, 3.05) is 68.2 Å². The van der Waals surface area contributed by atoms with Crippen LogP contribution >= 0.6 is 0 Å². The monoisotopic (exact) mass is 458 g/mol. The minimum atomic E-state index is -1.82. The molecule has 0 spiro atoms. The molecular formula is C21H26N6O4S. The van der Waals surface area contributed by atoms with E-state index >= 15 is 0 Å². The Balaban J connectivity index is 1.54. The molecule has 32 heavy (non-hydrogen) atoms. The minimum absolute atomic E-state index is 0.174. The number of aromatic hydroxyl groups is 1. The number of aromatic nitrogens is 3. The van der Waals surface area contributed by atoms with Crippen LogP contribution in [0.5, 0.6) is 5.75 Å². The van der Waals surface area contributed by atoms with Crippen LogP contribution in [0.15, 0.2) is 36.7 Å². The molecule has 0 aliphatic carbocycles. The lowest BCUT2D eigenvalue weighted by Gasteiger charge is -2.34. The topological polar surface area (TPSA) is 107 Å². The number of hydrogen-bond acceptors (Lipinski definition) is 8. The average molecular weight is 459 g/mol. The third-order valence-corrected chi connectivity index (χ3v) is 6.48. The molecule has 11 heteroatoms. The van der Waals surface area contributed by atoms with E-state index in [2.05, 4.69) is 14.2 Å². The Kier molecular flexibility index (Phi) is 5.96. The molecule has 5 rings (SSSR count). The van der Waals surface area contributed by atoms with Crippen LogP contribution in [0.2, 0.25) is 0 Å². The molecule has 4 heterocycles. The van der Waals surface area contributed by atoms with Gasteiger partial charge in [0, 0.05) is 51.0 Å². The lowest BCUT2D eigenvalue weighted by molar-refractivity contribution is 0.122. The van der Waals surface area contributed by atoms with E-state index in [9.17, 15) is 13.9 Å². The summed E-state index contributed by atoms with van der Waals surface area (Å²) in [5.41, 5.74) is 2.37. The Labute approximate surface area is 188 Å². The first-order valence-corrected chi connectivity index (χ1v) is 11.9. The Morgan fingerprint density at radius 2 is 1.84 bits per heavy atom. The van der Waals surface area contributed by atoms with Gasteiger partial charge in [-0.3, -0.25) is 9.30 Å². The fourth-order valence-corrected chi connectivity index (χ4v) is 4.82. The molecule has 170 valence electrons. The Hall–Kier alpha value is -2.73. The van der Waals surface area contributed by atoms with Gasteiger partial charge in [0.2, 0.25) is 0 Å². The third-order valence-electron chi connectivity index (χ3n) is 5.90. The summed E-state index contributed by atoms with van der Waals surface area (Å²) in [5.74, 6) is 2.13. The molecule has 0 radical (unpaired) electrons. The Bertz CT molecular complexity index is 1120. The number of nitrogens with zero attached hydrogens (tertiary/aromatic N) is 6. The fourth-order valence-electron chi connectivity index (χ4n) is 4.25. The molecule has 2 aliphatic rings. The normalized spacial score (nSPS) is 18.9. The Morgan fingerprint density at radius 1 is 1.06 bits per heavy atom. The third kappa shape index (κ3) is 4.29. The highest BCUT2D eigenvalue weighted by atomic mass is 32.2. The molecule has 0 bridgehead atoms. The molecule has 2 fully saturated rings. The summed E-state index contributed by atoms with van der Waals surface area (Å²) in [6.07, 6.45) is 3.83. The number of piperazine rings is 1. The maximum Gasteiger partial charge on any atom is 0.181 e. The van der Waals surface area contributed by atoms with Crippen molar-refractivity contribution in [2.45, 2.75) is 0 Å². The minimum Gasteiger partial charge on any atom is -0.508 e. The first kappa shape index (κ1) is 21.1. The summed E-state index contributed by atoms with van der Waals surface area (Å²) in [6.45, 7) is 5.67. The van der Waals surface area contributed by atoms with Gasteiger partial charge in [-0.25, -0.2) is 14.2 Å². The highest BCUT2D eigenvalue weighted by Crippen LogP contribution is 2.30. The van der Waals surface area contributed by atoms with Crippen molar-refractivity contribution in [3.05, 3.63) is 36.7 Å². The zero-order valence-corrected chi connectivity index (χ0v) is 18.4. The number of hydrogen-bond donors (Lipinski definition) is 2. The number of phenols is 1. The van der Waals surface area contributed by atoms with Crippen LogP contribution in [0.4, 0.5) is 11.6 Å². The number of ether oxygens (including phenoxy) is 1. The van der Waals surface area contributed by atoms with Gasteiger partial charge in [0.05, 0.1) is 25.1 Å². The predicted octanol–water partition coefficient (Wildman–Crippen LogP) is 1.24.